The first-order chi connectivity index (χ1) is 11.4. The molecule has 7 nitrogen and oxygen atoms in total. The highest BCUT2D eigenvalue weighted by Gasteiger charge is 2.26. The lowest BCUT2D eigenvalue weighted by Crippen LogP contribution is -2.34. The smallest absolute Gasteiger partial charge is 0.265 e. The van der Waals surface area contributed by atoms with Gasteiger partial charge in [0.05, 0.1) is 22.3 Å². The van der Waals surface area contributed by atoms with Crippen molar-refractivity contribution in [1.82, 2.24) is 9.71 Å². The molecular formula is C16H17N3O4S. The second kappa shape index (κ2) is 6.21. The van der Waals surface area contributed by atoms with Crippen molar-refractivity contribution < 1.29 is 17.9 Å². The third-order valence-corrected chi connectivity index (χ3v) is 5.19. The molecule has 1 aromatic heterocycles. The van der Waals surface area contributed by atoms with Gasteiger partial charge in [0.1, 0.15) is 5.75 Å². The Bertz CT molecular complexity index is 868. The molecule has 1 aliphatic rings. The Labute approximate surface area is 140 Å². The van der Waals surface area contributed by atoms with Crippen LogP contribution in [0.4, 0.5) is 5.69 Å². The molecule has 2 atom stereocenters. The number of hydrogen-bond donors (Lipinski definition) is 2. The van der Waals surface area contributed by atoms with Crippen LogP contribution in [0, 0.1) is 0 Å². The molecule has 24 heavy (non-hydrogen) atoms. The maximum Gasteiger partial charge on any atom is 0.265 e. The number of nitrogens with one attached hydrogen (secondary N) is 2. The van der Waals surface area contributed by atoms with E-state index in [1.165, 1.54) is 18.2 Å². The Hall–Kier alpha value is -2.45. The minimum Gasteiger partial charge on any atom is -0.479 e. The van der Waals surface area contributed by atoms with Crippen LogP contribution in [0.2, 0.25) is 0 Å². The number of nitrogens with zero attached hydrogens (tertiary/aromatic N) is 1. The molecule has 0 spiro atoms. The van der Waals surface area contributed by atoms with Crippen molar-refractivity contribution in [1.29, 1.82) is 0 Å². The lowest BCUT2D eigenvalue weighted by atomic mass is 10.2. The normalized spacial score (nSPS) is 18.2. The summed E-state index contributed by atoms with van der Waals surface area (Å²) in [7, 11) is -3.77. The maximum absolute atomic E-state index is 12.6. The number of carbonyl (C=O) groups is 1. The largest absolute Gasteiger partial charge is 0.479 e. The van der Waals surface area contributed by atoms with Gasteiger partial charge in [-0.2, -0.15) is 0 Å². The first kappa shape index (κ1) is 16.4. The van der Waals surface area contributed by atoms with Gasteiger partial charge in [-0.05, 0) is 44.2 Å². The lowest BCUT2D eigenvalue weighted by molar-refractivity contribution is -0.122. The van der Waals surface area contributed by atoms with E-state index in [0.717, 1.165) is 0 Å². The van der Waals surface area contributed by atoms with Crippen molar-refractivity contribution >= 4 is 21.6 Å². The molecule has 0 saturated heterocycles. The summed E-state index contributed by atoms with van der Waals surface area (Å²) >= 11 is 0. The Morgan fingerprint density at radius 2 is 2.08 bits per heavy atom. The van der Waals surface area contributed by atoms with Gasteiger partial charge in [-0.1, -0.05) is 6.07 Å². The molecule has 2 aromatic rings. The van der Waals surface area contributed by atoms with Crippen LogP contribution in [0.5, 0.6) is 5.75 Å². The fraction of sp³-hybridized carbons (Fsp3) is 0.250. The van der Waals surface area contributed by atoms with Gasteiger partial charge in [0.25, 0.3) is 5.91 Å². The average molecular weight is 347 g/mol. The molecule has 0 radical (unpaired) electrons. The Morgan fingerprint density at radius 1 is 1.29 bits per heavy atom. The zero-order chi connectivity index (χ0) is 17.3. The number of sulfonamides is 1. The van der Waals surface area contributed by atoms with E-state index < -0.39 is 22.2 Å². The predicted octanol–water partition coefficient (Wildman–Crippen LogP) is 1.84. The minimum atomic E-state index is -3.77. The summed E-state index contributed by atoms with van der Waals surface area (Å²) in [5, 5.41) is 2.64. The number of carbonyl (C=O) groups excluding carboxylic acids is 1. The fourth-order valence-corrected chi connectivity index (χ4v) is 3.59. The minimum absolute atomic E-state index is 0.0440. The molecule has 0 fully saturated rings. The van der Waals surface area contributed by atoms with Crippen LogP contribution in [0.1, 0.15) is 25.6 Å². The number of ether oxygens (including phenoxy) is 1. The summed E-state index contributed by atoms with van der Waals surface area (Å²) in [6, 6.07) is 9.17. The number of rotatable bonds is 4. The average Bonchev–Trinajstić information content (AvgIpc) is 2.56. The molecule has 1 amide bonds. The van der Waals surface area contributed by atoms with Gasteiger partial charge < -0.3 is 10.1 Å². The Morgan fingerprint density at radius 3 is 2.79 bits per heavy atom. The second-order valence-corrected chi connectivity index (χ2v) is 7.22. The van der Waals surface area contributed by atoms with E-state index in [2.05, 4.69) is 15.0 Å². The van der Waals surface area contributed by atoms with Crippen LogP contribution in [0.25, 0.3) is 0 Å². The van der Waals surface area contributed by atoms with Crippen LogP contribution in [-0.4, -0.2) is 25.4 Å². The van der Waals surface area contributed by atoms with Crippen LogP contribution in [0.15, 0.2) is 47.5 Å². The topological polar surface area (TPSA) is 97.4 Å². The first-order valence-electron chi connectivity index (χ1n) is 7.41. The molecule has 3 rings (SSSR count). The predicted molar refractivity (Wildman–Crippen MR) is 88.1 cm³/mol. The van der Waals surface area contributed by atoms with E-state index in [1.54, 1.807) is 38.2 Å². The molecule has 0 aliphatic carbocycles. The van der Waals surface area contributed by atoms with Crippen molar-refractivity contribution in [3.63, 3.8) is 0 Å². The van der Waals surface area contributed by atoms with Crippen molar-refractivity contribution in [3.05, 3.63) is 48.3 Å². The molecule has 0 saturated carbocycles. The van der Waals surface area contributed by atoms with Crippen LogP contribution < -0.4 is 14.8 Å². The zero-order valence-electron chi connectivity index (χ0n) is 13.2. The van der Waals surface area contributed by atoms with Crippen LogP contribution >= 0.6 is 0 Å². The van der Waals surface area contributed by atoms with Gasteiger partial charge in [-0.25, -0.2) is 13.1 Å². The van der Waals surface area contributed by atoms with E-state index in [4.69, 9.17) is 4.74 Å². The lowest BCUT2D eigenvalue weighted by Gasteiger charge is -2.23. The van der Waals surface area contributed by atoms with E-state index in [0.29, 0.717) is 17.1 Å². The van der Waals surface area contributed by atoms with E-state index >= 15 is 0 Å². The molecule has 1 aromatic carbocycles. The standard InChI is InChI=1S/C16H17N3O4S/c1-10(13-5-3-4-8-17-13)19-24(21,22)12-6-7-15-14(9-12)18-16(20)11(2)23-15/h3-11,19H,1-2H3,(H,18,20)/t10-,11-/m0/s1. The fourth-order valence-electron chi connectivity index (χ4n) is 2.35. The summed E-state index contributed by atoms with van der Waals surface area (Å²) in [6.07, 6.45) is 0.995. The zero-order valence-corrected chi connectivity index (χ0v) is 14.0. The highest BCUT2D eigenvalue weighted by molar-refractivity contribution is 7.89. The summed E-state index contributed by atoms with van der Waals surface area (Å²) in [5.41, 5.74) is 0.955. The number of benzene rings is 1. The molecule has 8 heteroatoms. The van der Waals surface area contributed by atoms with E-state index in [-0.39, 0.29) is 10.8 Å². The van der Waals surface area contributed by atoms with Gasteiger partial charge in [-0.3, -0.25) is 9.78 Å². The summed E-state index contributed by atoms with van der Waals surface area (Å²) < 4.78 is 33.1. The van der Waals surface area contributed by atoms with Crippen LogP contribution in [-0.2, 0) is 14.8 Å². The highest BCUT2D eigenvalue weighted by Crippen LogP contribution is 2.32. The van der Waals surface area contributed by atoms with Crippen LogP contribution in [0.3, 0.4) is 0 Å². The summed E-state index contributed by atoms with van der Waals surface area (Å²) in [6.45, 7) is 3.34. The molecule has 0 unspecified atom stereocenters. The molecular weight excluding hydrogens is 330 g/mol. The molecule has 126 valence electrons. The van der Waals surface area contributed by atoms with Crippen molar-refractivity contribution in [2.75, 3.05) is 5.32 Å². The second-order valence-electron chi connectivity index (χ2n) is 5.50. The Balaban J connectivity index is 1.85. The quantitative estimate of drug-likeness (QED) is 0.879. The maximum atomic E-state index is 12.6. The van der Waals surface area contributed by atoms with E-state index in [1.807, 2.05) is 0 Å². The number of anilines is 1. The Kier molecular flexibility index (Phi) is 4.25. The first-order valence-corrected chi connectivity index (χ1v) is 8.90. The molecule has 0 bridgehead atoms. The third-order valence-electron chi connectivity index (χ3n) is 3.66. The molecule has 2 heterocycles. The number of aromatic nitrogens is 1. The number of fused-ring (bicyclic) bond motifs is 1. The number of pyridine rings is 1. The van der Waals surface area contributed by atoms with Gasteiger partial charge >= 0.3 is 0 Å². The SMILES string of the molecule is C[C@@H]1Oc2ccc(S(=O)(=O)N[C@@H](C)c3ccccn3)cc2NC1=O. The molecule has 1 aliphatic heterocycles. The van der Waals surface area contributed by atoms with E-state index in [9.17, 15) is 13.2 Å². The van der Waals surface area contributed by atoms with Crippen molar-refractivity contribution in [2.24, 2.45) is 0 Å². The number of amides is 1. The van der Waals surface area contributed by atoms with Gasteiger partial charge in [0, 0.05) is 6.20 Å². The van der Waals surface area contributed by atoms with Crippen molar-refractivity contribution in [2.45, 2.75) is 30.9 Å². The molecule has 2 N–H and O–H groups in total. The number of hydrogen-bond acceptors (Lipinski definition) is 5. The van der Waals surface area contributed by atoms with Crippen molar-refractivity contribution in [3.8, 4) is 5.75 Å². The van der Waals surface area contributed by atoms with Gasteiger partial charge in [-0.15, -0.1) is 0 Å². The summed E-state index contributed by atoms with van der Waals surface area (Å²) in [5.74, 6) is 0.130. The highest BCUT2D eigenvalue weighted by atomic mass is 32.2. The van der Waals surface area contributed by atoms with Gasteiger partial charge in [0.15, 0.2) is 6.10 Å². The monoisotopic (exact) mass is 347 g/mol. The summed E-state index contributed by atoms with van der Waals surface area (Å²) in [4.78, 5) is 15.9. The third kappa shape index (κ3) is 3.24. The van der Waals surface area contributed by atoms with Gasteiger partial charge in [0.2, 0.25) is 10.0 Å².